The molecule has 26 heavy (non-hydrogen) atoms. The van der Waals surface area contributed by atoms with Gasteiger partial charge in [0.2, 0.25) is 5.91 Å². The molecular formula is C19H20FN3O2S. The molecule has 0 spiro atoms. The number of nitrogens with one attached hydrogen (secondary N) is 1. The van der Waals surface area contributed by atoms with E-state index in [0.717, 1.165) is 49.3 Å². The topological polar surface area (TPSA) is 62.3 Å². The molecule has 1 aliphatic carbocycles. The van der Waals surface area contributed by atoms with Crippen molar-refractivity contribution in [2.75, 3.05) is 18.4 Å². The van der Waals surface area contributed by atoms with Crippen molar-refractivity contribution < 1.29 is 14.0 Å². The quantitative estimate of drug-likeness (QED) is 0.895. The largest absolute Gasteiger partial charge is 0.342 e. The van der Waals surface area contributed by atoms with Crippen LogP contribution in [0.2, 0.25) is 0 Å². The average Bonchev–Trinajstić information content (AvgIpc) is 3.22. The third kappa shape index (κ3) is 3.35. The Morgan fingerprint density at radius 3 is 2.62 bits per heavy atom. The Morgan fingerprint density at radius 1 is 1.15 bits per heavy atom. The second-order valence-corrected chi connectivity index (χ2v) is 7.85. The number of thiazole rings is 1. The lowest BCUT2D eigenvalue weighted by Crippen LogP contribution is -2.38. The van der Waals surface area contributed by atoms with E-state index < -0.39 is 0 Å². The number of carbonyl (C=O) groups excluding carboxylic acids is 2. The van der Waals surface area contributed by atoms with Crippen LogP contribution in [0.4, 0.5) is 9.52 Å². The molecule has 7 heteroatoms. The SMILES string of the molecule is O=C(Nc1nc2c(s1)CCC2C(=O)N1CCCCC1)c1ccc(F)cc1. The Kier molecular flexibility index (Phi) is 4.72. The number of hydrogen-bond donors (Lipinski definition) is 1. The van der Waals surface area contributed by atoms with E-state index in [-0.39, 0.29) is 23.5 Å². The van der Waals surface area contributed by atoms with E-state index in [4.69, 9.17) is 0 Å². The maximum absolute atomic E-state index is 13.0. The number of fused-ring (bicyclic) bond motifs is 1. The first-order chi connectivity index (χ1) is 12.6. The summed E-state index contributed by atoms with van der Waals surface area (Å²) in [5, 5.41) is 3.27. The van der Waals surface area contributed by atoms with Gasteiger partial charge in [-0.05, 0) is 56.4 Å². The number of anilines is 1. The molecule has 1 atom stereocenters. The van der Waals surface area contributed by atoms with Crippen LogP contribution >= 0.6 is 11.3 Å². The van der Waals surface area contributed by atoms with Gasteiger partial charge >= 0.3 is 0 Å². The van der Waals surface area contributed by atoms with E-state index in [0.29, 0.717) is 10.7 Å². The minimum absolute atomic E-state index is 0.171. The molecule has 0 radical (unpaired) electrons. The van der Waals surface area contributed by atoms with Crippen LogP contribution in [0.3, 0.4) is 0 Å². The number of aromatic nitrogens is 1. The average molecular weight is 373 g/mol. The summed E-state index contributed by atoms with van der Waals surface area (Å²) >= 11 is 1.43. The number of halogens is 1. The van der Waals surface area contributed by atoms with E-state index in [9.17, 15) is 14.0 Å². The van der Waals surface area contributed by atoms with Gasteiger partial charge in [0.15, 0.2) is 5.13 Å². The standard InChI is InChI=1S/C19H20FN3O2S/c20-13-6-4-12(5-7-13)17(24)22-19-21-16-14(8-9-15(16)26-19)18(25)23-10-2-1-3-11-23/h4-7,14H,1-3,8-11H2,(H,21,22,24). The van der Waals surface area contributed by atoms with Crippen LogP contribution in [0.25, 0.3) is 0 Å². The highest BCUT2D eigenvalue weighted by atomic mass is 32.1. The lowest BCUT2D eigenvalue weighted by atomic mass is 10.0. The highest BCUT2D eigenvalue weighted by molar-refractivity contribution is 7.16. The molecule has 5 nitrogen and oxygen atoms in total. The Labute approximate surface area is 155 Å². The molecule has 1 aromatic heterocycles. The highest BCUT2D eigenvalue weighted by Crippen LogP contribution is 2.39. The van der Waals surface area contributed by atoms with Gasteiger partial charge in [-0.25, -0.2) is 9.37 Å². The van der Waals surface area contributed by atoms with Crippen molar-refractivity contribution in [3.8, 4) is 0 Å². The second kappa shape index (κ2) is 7.15. The number of aryl methyl sites for hydroxylation is 1. The van der Waals surface area contributed by atoms with Crippen molar-refractivity contribution in [1.29, 1.82) is 0 Å². The number of carbonyl (C=O) groups is 2. The number of hydrogen-bond acceptors (Lipinski definition) is 4. The van der Waals surface area contributed by atoms with E-state index in [2.05, 4.69) is 10.3 Å². The summed E-state index contributed by atoms with van der Waals surface area (Å²) < 4.78 is 13.0. The Balaban J connectivity index is 1.47. The van der Waals surface area contributed by atoms with Crippen LogP contribution in [0.5, 0.6) is 0 Å². The van der Waals surface area contributed by atoms with Gasteiger partial charge < -0.3 is 4.90 Å². The maximum atomic E-state index is 13.0. The van der Waals surface area contributed by atoms with Gasteiger partial charge in [-0.1, -0.05) is 0 Å². The third-order valence-corrected chi connectivity index (χ3v) is 6.06. The summed E-state index contributed by atoms with van der Waals surface area (Å²) in [7, 11) is 0. The van der Waals surface area contributed by atoms with Gasteiger partial charge in [0.25, 0.3) is 5.91 Å². The van der Waals surface area contributed by atoms with Crippen molar-refractivity contribution >= 4 is 28.3 Å². The molecule has 136 valence electrons. The molecule has 1 N–H and O–H groups in total. The zero-order valence-corrected chi connectivity index (χ0v) is 15.2. The van der Waals surface area contributed by atoms with Crippen LogP contribution in [0.15, 0.2) is 24.3 Å². The first-order valence-electron chi connectivity index (χ1n) is 8.97. The number of piperidine rings is 1. The lowest BCUT2D eigenvalue weighted by Gasteiger charge is -2.29. The molecule has 1 saturated heterocycles. The smallest absolute Gasteiger partial charge is 0.257 e. The zero-order valence-electron chi connectivity index (χ0n) is 14.3. The van der Waals surface area contributed by atoms with Gasteiger partial charge in [-0.15, -0.1) is 11.3 Å². The second-order valence-electron chi connectivity index (χ2n) is 6.77. The van der Waals surface area contributed by atoms with Crippen LogP contribution < -0.4 is 5.32 Å². The highest BCUT2D eigenvalue weighted by Gasteiger charge is 2.35. The van der Waals surface area contributed by atoms with E-state index in [1.165, 1.54) is 42.0 Å². The number of nitrogens with zero attached hydrogens (tertiary/aromatic N) is 2. The molecule has 2 aromatic rings. The van der Waals surface area contributed by atoms with Gasteiger partial charge in [-0.2, -0.15) is 0 Å². The van der Waals surface area contributed by atoms with Crippen LogP contribution in [-0.2, 0) is 11.2 Å². The number of benzene rings is 1. The summed E-state index contributed by atoms with van der Waals surface area (Å²) in [6.45, 7) is 1.67. The van der Waals surface area contributed by atoms with E-state index in [1.54, 1.807) is 0 Å². The van der Waals surface area contributed by atoms with Crippen molar-refractivity contribution in [2.45, 2.75) is 38.0 Å². The minimum Gasteiger partial charge on any atom is -0.342 e. The van der Waals surface area contributed by atoms with Crippen LogP contribution in [0, 0.1) is 5.82 Å². The number of likely N-dealkylation sites (tertiary alicyclic amines) is 1. The Morgan fingerprint density at radius 2 is 1.88 bits per heavy atom. The molecule has 0 bridgehead atoms. The van der Waals surface area contributed by atoms with Gasteiger partial charge in [-0.3, -0.25) is 14.9 Å². The molecular weight excluding hydrogens is 353 g/mol. The molecule has 1 fully saturated rings. The monoisotopic (exact) mass is 373 g/mol. The van der Waals surface area contributed by atoms with E-state index >= 15 is 0 Å². The van der Waals surface area contributed by atoms with Gasteiger partial charge in [0, 0.05) is 23.5 Å². The Bertz CT molecular complexity index is 828. The first-order valence-corrected chi connectivity index (χ1v) is 9.79. The molecule has 1 aromatic carbocycles. The van der Waals surface area contributed by atoms with E-state index in [1.807, 2.05) is 4.90 Å². The van der Waals surface area contributed by atoms with Crippen molar-refractivity contribution in [2.24, 2.45) is 0 Å². The van der Waals surface area contributed by atoms with Crippen molar-refractivity contribution in [3.05, 3.63) is 46.2 Å². The fraction of sp³-hybridized carbons (Fsp3) is 0.421. The predicted octanol–water partition coefficient (Wildman–Crippen LogP) is 3.58. The molecule has 4 rings (SSSR count). The minimum atomic E-state index is -0.381. The van der Waals surface area contributed by atoms with Crippen molar-refractivity contribution in [3.63, 3.8) is 0 Å². The molecule has 2 heterocycles. The van der Waals surface area contributed by atoms with Crippen LogP contribution in [0.1, 0.15) is 52.5 Å². The van der Waals surface area contributed by atoms with Gasteiger partial charge in [0.05, 0.1) is 11.6 Å². The fourth-order valence-electron chi connectivity index (χ4n) is 3.63. The zero-order chi connectivity index (χ0) is 18.1. The third-order valence-electron chi connectivity index (χ3n) is 5.01. The fourth-order valence-corrected chi connectivity index (χ4v) is 4.66. The molecule has 0 saturated carbocycles. The summed E-state index contributed by atoms with van der Waals surface area (Å²) in [6, 6.07) is 5.39. The number of rotatable bonds is 3. The molecule has 1 unspecified atom stereocenters. The molecule has 2 aliphatic rings. The summed E-state index contributed by atoms with van der Waals surface area (Å²) in [5.41, 5.74) is 1.20. The van der Waals surface area contributed by atoms with Crippen LogP contribution in [-0.4, -0.2) is 34.8 Å². The lowest BCUT2D eigenvalue weighted by molar-refractivity contribution is -0.133. The molecule has 2 amide bonds. The van der Waals surface area contributed by atoms with Gasteiger partial charge in [0.1, 0.15) is 5.82 Å². The molecule has 1 aliphatic heterocycles. The normalized spacial score (nSPS) is 19.3. The number of amides is 2. The van der Waals surface area contributed by atoms with Crippen molar-refractivity contribution in [1.82, 2.24) is 9.88 Å². The summed E-state index contributed by atoms with van der Waals surface area (Å²) in [5.74, 6) is -0.717. The first kappa shape index (κ1) is 17.1. The summed E-state index contributed by atoms with van der Waals surface area (Å²) in [6.07, 6.45) is 4.96. The predicted molar refractivity (Wildman–Crippen MR) is 98.0 cm³/mol. The maximum Gasteiger partial charge on any atom is 0.257 e. The Hall–Kier alpha value is -2.28. The summed E-state index contributed by atoms with van der Waals surface area (Å²) in [4.78, 5) is 32.7.